The Morgan fingerprint density at radius 2 is 1.69 bits per heavy atom. The summed E-state index contributed by atoms with van der Waals surface area (Å²) in [5, 5.41) is 0. The van der Waals surface area contributed by atoms with Crippen molar-refractivity contribution in [2.45, 2.75) is 71.1 Å². The molecule has 0 atom stereocenters. The number of aryl methyl sites for hydroxylation is 1. The molecule has 0 unspecified atom stereocenters. The topological polar surface area (TPSA) is 43.4 Å². The maximum atomic E-state index is 12.9. The average molecular weight is 354 g/mol. The summed E-state index contributed by atoms with van der Waals surface area (Å²) >= 11 is 0. The predicted molar refractivity (Wildman–Crippen MR) is 103 cm³/mol. The molecule has 0 aromatic heterocycles. The van der Waals surface area contributed by atoms with Gasteiger partial charge in [0, 0.05) is 6.42 Å². The van der Waals surface area contributed by atoms with Gasteiger partial charge in [-0.25, -0.2) is 0 Å². The number of ether oxygens (including phenoxy) is 1. The van der Waals surface area contributed by atoms with Crippen molar-refractivity contribution in [3.05, 3.63) is 42.5 Å². The zero-order valence-corrected chi connectivity index (χ0v) is 15.9. The number of hydrogen-bond acceptors (Lipinski definition) is 3. The van der Waals surface area contributed by atoms with Gasteiger partial charge >= 0.3 is 5.97 Å². The summed E-state index contributed by atoms with van der Waals surface area (Å²) in [5.41, 5.74) is 1.31. The quantitative estimate of drug-likeness (QED) is 0.356. The fraction of sp³-hybridized carbons (Fsp3) is 0.565. The second-order valence-electron chi connectivity index (χ2n) is 8.23. The molecule has 3 aliphatic rings. The molecule has 2 bridgehead atoms. The molecule has 0 N–H and O–H groups in total. The summed E-state index contributed by atoms with van der Waals surface area (Å²) in [7, 11) is 0. The van der Waals surface area contributed by atoms with Gasteiger partial charge in [-0.1, -0.05) is 32.1 Å². The summed E-state index contributed by atoms with van der Waals surface area (Å²) in [6.45, 7) is 5.75. The number of esters is 1. The van der Waals surface area contributed by atoms with Crippen molar-refractivity contribution in [2.24, 2.45) is 10.8 Å². The van der Waals surface area contributed by atoms with Crippen molar-refractivity contribution < 1.29 is 14.3 Å². The van der Waals surface area contributed by atoms with Gasteiger partial charge in [-0.2, -0.15) is 0 Å². The number of benzene rings is 1. The number of rotatable bonds is 8. The van der Waals surface area contributed by atoms with Crippen molar-refractivity contribution >= 4 is 11.8 Å². The zero-order valence-electron chi connectivity index (χ0n) is 15.9. The molecule has 0 aliphatic heterocycles. The maximum absolute atomic E-state index is 12.9. The molecule has 3 fully saturated rings. The van der Waals surface area contributed by atoms with Gasteiger partial charge in [0.05, 0.1) is 5.41 Å². The highest BCUT2D eigenvalue weighted by Crippen LogP contribution is 2.59. The lowest BCUT2D eigenvalue weighted by atomic mass is 9.52. The highest BCUT2D eigenvalue weighted by atomic mass is 16.5. The summed E-state index contributed by atoms with van der Waals surface area (Å²) in [6.07, 6.45) is 11.5. The first-order valence-corrected chi connectivity index (χ1v) is 9.97. The molecule has 3 aliphatic carbocycles. The Morgan fingerprint density at radius 1 is 1.08 bits per heavy atom. The molecule has 1 aromatic carbocycles. The summed E-state index contributed by atoms with van der Waals surface area (Å²) in [6, 6.07) is 7.56. The van der Waals surface area contributed by atoms with E-state index in [9.17, 15) is 9.59 Å². The molecule has 3 heteroatoms. The van der Waals surface area contributed by atoms with Gasteiger partial charge in [-0.15, -0.1) is 0 Å². The molecular weight excluding hydrogens is 324 g/mol. The third-order valence-electron chi connectivity index (χ3n) is 6.64. The Morgan fingerprint density at radius 3 is 2.23 bits per heavy atom. The molecule has 0 amide bonds. The minimum atomic E-state index is -0.259. The number of allylic oxidation sites excluding steroid dienone is 1. The van der Waals surface area contributed by atoms with Gasteiger partial charge in [-0.05, 0) is 80.6 Å². The number of ketones is 1. The van der Waals surface area contributed by atoms with E-state index in [1.807, 2.05) is 24.3 Å². The van der Waals surface area contributed by atoms with Gasteiger partial charge in [-0.3, -0.25) is 9.59 Å². The van der Waals surface area contributed by atoms with E-state index in [1.54, 1.807) is 0 Å². The number of fused-ring (bicyclic) bond motifs is 3. The van der Waals surface area contributed by atoms with Crippen LogP contribution in [-0.4, -0.2) is 11.8 Å². The first-order chi connectivity index (χ1) is 12.5. The monoisotopic (exact) mass is 354 g/mol. The van der Waals surface area contributed by atoms with E-state index in [1.165, 1.54) is 38.2 Å². The summed E-state index contributed by atoms with van der Waals surface area (Å²) < 4.78 is 5.75. The van der Waals surface area contributed by atoms with Crippen LogP contribution in [0.5, 0.6) is 5.75 Å². The fourth-order valence-corrected chi connectivity index (χ4v) is 4.78. The molecule has 0 radical (unpaired) electrons. The molecule has 3 nitrogen and oxygen atoms in total. The Hall–Kier alpha value is -1.90. The van der Waals surface area contributed by atoms with Crippen molar-refractivity contribution in [3.8, 4) is 5.75 Å². The molecule has 3 saturated carbocycles. The summed E-state index contributed by atoms with van der Waals surface area (Å²) in [5.74, 6) is 0.615. The van der Waals surface area contributed by atoms with Crippen LogP contribution in [0.4, 0.5) is 0 Å². The first-order valence-electron chi connectivity index (χ1n) is 9.97. The Bertz CT molecular complexity index is 647. The van der Waals surface area contributed by atoms with Gasteiger partial charge in [0.25, 0.3) is 0 Å². The van der Waals surface area contributed by atoms with E-state index in [4.69, 9.17) is 4.74 Å². The van der Waals surface area contributed by atoms with E-state index in [2.05, 4.69) is 13.5 Å². The van der Waals surface area contributed by atoms with Gasteiger partial charge < -0.3 is 4.74 Å². The molecule has 0 spiro atoms. The van der Waals surface area contributed by atoms with Gasteiger partial charge in [0.15, 0.2) is 5.78 Å². The molecule has 0 saturated heterocycles. The molecule has 26 heavy (non-hydrogen) atoms. The lowest BCUT2D eigenvalue weighted by molar-refractivity contribution is -0.156. The number of carbonyl (C=O) groups is 2. The van der Waals surface area contributed by atoms with Crippen molar-refractivity contribution in [1.29, 1.82) is 0 Å². The van der Waals surface area contributed by atoms with Crippen LogP contribution in [0.25, 0.3) is 0 Å². The molecule has 0 heterocycles. The van der Waals surface area contributed by atoms with Crippen LogP contribution in [-0.2, 0) is 16.0 Å². The Labute approximate surface area is 156 Å². The standard InChI is InChI=1S/C23H30O3/c1-3-11-22-12-15-23(16-13-22,17-14-22)21(25)26-20-9-6-18(7-10-20)5-8-19(24)4-2/h4,6-7,9-10H,2-3,5,8,11-17H2,1H3. The SMILES string of the molecule is C=CC(=O)CCc1ccc(OC(=O)C23CCC(CCC)(CC2)CC3)cc1. The Kier molecular flexibility index (Phi) is 5.64. The third kappa shape index (κ3) is 3.92. The number of carbonyl (C=O) groups excluding carboxylic acids is 2. The van der Waals surface area contributed by atoms with E-state index in [-0.39, 0.29) is 17.2 Å². The smallest absolute Gasteiger partial charge is 0.317 e. The normalized spacial score (nSPS) is 27.1. The number of hydrogen-bond donors (Lipinski definition) is 0. The van der Waals surface area contributed by atoms with E-state index >= 15 is 0 Å². The van der Waals surface area contributed by atoms with E-state index in [0.717, 1.165) is 24.8 Å². The minimum absolute atomic E-state index is 0.0446. The van der Waals surface area contributed by atoms with Crippen LogP contribution < -0.4 is 4.74 Å². The van der Waals surface area contributed by atoms with Crippen LogP contribution >= 0.6 is 0 Å². The van der Waals surface area contributed by atoms with E-state index in [0.29, 0.717) is 24.0 Å². The summed E-state index contributed by atoms with van der Waals surface area (Å²) in [4.78, 5) is 24.2. The minimum Gasteiger partial charge on any atom is -0.426 e. The second-order valence-corrected chi connectivity index (χ2v) is 8.23. The van der Waals surface area contributed by atoms with Gasteiger partial charge in [0.2, 0.25) is 0 Å². The molecule has 4 rings (SSSR count). The zero-order chi connectivity index (χ0) is 18.6. The van der Waals surface area contributed by atoms with Crippen LogP contribution in [0.1, 0.15) is 70.3 Å². The highest BCUT2D eigenvalue weighted by molar-refractivity contribution is 5.89. The van der Waals surface area contributed by atoms with Crippen molar-refractivity contribution in [2.75, 3.05) is 0 Å². The largest absolute Gasteiger partial charge is 0.426 e. The van der Waals surface area contributed by atoms with Crippen molar-refractivity contribution in [3.63, 3.8) is 0 Å². The molecule has 140 valence electrons. The third-order valence-corrected chi connectivity index (χ3v) is 6.64. The van der Waals surface area contributed by atoms with E-state index < -0.39 is 0 Å². The lowest BCUT2D eigenvalue weighted by Crippen LogP contribution is -2.47. The van der Waals surface area contributed by atoms with Crippen LogP contribution in [0, 0.1) is 10.8 Å². The first kappa shape index (κ1) is 18.9. The maximum Gasteiger partial charge on any atom is 0.317 e. The average Bonchev–Trinajstić information content (AvgIpc) is 2.68. The fourth-order valence-electron chi connectivity index (χ4n) is 4.78. The predicted octanol–water partition coefficient (Wildman–Crippen LogP) is 5.42. The van der Waals surface area contributed by atoms with Crippen LogP contribution in [0.3, 0.4) is 0 Å². The lowest BCUT2D eigenvalue weighted by Gasteiger charge is -2.52. The van der Waals surface area contributed by atoms with Crippen LogP contribution in [0.2, 0.25) is 0 Å². The van der Waals surface area contributed by atoms with Crippen LogP contribution in [0.15, 0.2) is 36.9 Å². The molecular formula is C23H30O3. The Balaban J connectivity index is 1.57. The van der Waals surface area contributed by atoms with Gasteiger partial charge in [0.1, 0.15) is 5.75 Å². The second kappa shape index (κ2) is 7.77. The van der Waals surface area contributed by atoms with Crippen molar-refractivity contribution in [1.82, 2.24) is 0 Å². The molecule has 1 aromatic rings. The highest BCUT2D eigenvalue weighted by Gasteiger charge is 2.52.